The van der Waals surface area contributed by atoms with E-state index in [1.54, 1.807) is 42.5 Å². The summed E-state index contributed by atoms with van der Waals surface area (Å²) in [5.41, 5.74) is 4.47. The lowest BCUT2D eigenvalue weighted by Gasteiger charge is -2.18. The number of anilines is 2. The molecule has 272 valence electrons. The summed E-state index contributed by atoms with van der Waals surface area (Å²) in [4.78, 5) is 41.3. The summed E-state index contributed by atoms with van der Waals surface area (Å²) in [6, 6.07) is 44.4. The molecule has 54 heavy (non-hydrogen) atoms. The van der Waals surface area contributed by atoms with Crippen molar-refractivity contribution in [2.24, 2.45) is 0 Å². The predicted molar refractivity (Wildman–Crippen MR) is 216 cm³/mol. The van der Waals surface area contributed by atoms with E-state index < -0.39 is 17.1 Å². The second-order valence-electron chi connectivity index (χ2n) is 12.5. The van der Waals surface area contributed by atoms with E-state index in [1.807, 2.05) is 110 Å². The molecule has 0 bridgehead atoms. The van der Waals surface area contributed by atoms with Crippen LogP contribution in [0.25, 0.3) is 17.4 Å². The van der Waals surface area contributed by atoms with Crippen molar-refractivity contribution in [1.82, 2.24) is 5.32 Å². The number of amides is 3. The Morgan fingerprint density at radius 3 is 2.07 bits per heavy atom. The van der Waals surface area contributed by atoms with Gasteiger partial charge in [-0.2, -0.15) is 0 Å². The first kappa shape index (κ1) is 37.4. The van der Waals surface area contributed by atoms with Crippen LogP contribution in [0.15, 0.2) is 161 Å². The van der Waals surface area contributed by atoms with Crippen LogP contribution >= 0.6 is 11.8 Å². The average molecular weight is 736 g/mol. The fourth-order valence-corrected chi connectivity index (χ4v) is 6.44. The third-order valence-corrected chi connectivity index (χ3v) is 9.64. The molecule has 0 aliphatic carbocycles. The van der Waals surface area contributed by atoms with E-state index >= 15 is 0 Å². The van der Waals surface area contributed by atoms with Gasteiger partial charge in [-0.3, -0.25) is 14.4 Å². The molecule has 1 heterocycles. The number of ether oxygens (including phenoxy) is 1. The van der Waals surface area contributed by atoms with Gasteiger partial charge in [-0.15, -0.1) is 11.8 Å². The zero-order valence-electron chi connectivity index (χ0n) is 30.1. The van der Waals surface area contributed by atoms with Crippen molar-refractivity contribution < 1.29 is 23.5 Å². The fraction of sp³-hybridized carbons (Fsp3) is 0.133. The van der Waals surface area contributed by atoms with Crippen LogP contribution in [0.2, 0.25) is 0 Å². The van der Waals surface area contributed by atoms with Crippen molar-refractivity contribution >= 4 is 46.9 Å². The summed E-state index contributed by atoms with van der Waals surface area (Å²) in [5.74, 6) is 0.660. The first-order valence-electron chi connectivity index (χ1n) is 17.8. The Kier molecular flexibility index (Phi) is 12.8. The molecule has 0 spiro atoms. The van der Waals surface area contributed by atoms with Gasteiger partial charge >= 0.3 is 0 Å². The molecular weight excluding hydrogens is 695 g/mol. The van der Waals surface area contributed by atoms with E-state index in [4.69, 9.17) is 9.15 Å². The molecule has 0 aliphatic rings. The third kappa shape index (κ3) is 10.4. The zero-order valence-corrected chi connectivity index (χ0v) is 30.9. The minimum Gasteiger partial charge on any atom is -0.494 e. The van der Waals surface area contributed by atoms with Crippen LogP contribution in [-0.4, -0.2) is 24.3 Å². The first-order valence-corrected chi connectivity index (χ1v) is 18.6. The molecular formula is C45H41N3O5S. The quantitative estimate of drug-likeness (QED) is 0.0550. The van der Waals surface area contributed by atoms with E-state index in [0.717, 1.165) is 40.2 Å². The summed E-state index contributed by atoms with van der Waals surface area (Å²) in [7, 11) is 0. The highest BCUT2D eigenvalue weighted by Gasteiger charge is 2.23. The van der Waals surface area contributed by atoms with Crippen LogP contribution in [0.1, 0.15) is 52.3 Å². The highest BCUT2D eigenvalue weighted by atomic mass is 32.2. The fourth-order valence-electron chi connectivity index (χ4n) is 5.42. The smallest absolute Gasteiger partial charge is 0.272 e. The summed E-state index contributed by atoms with van der Waals surface area (Å²) in [5, 5.41) is 8.14. The molecule has 0 aliphatic heterocycles. The van der Waals surface area contributed by atoms with Crippen molar-refractivity contribution in [2.75, 3.05) is 17.2 Å². The number of nitrogens with one attached hydrogen (secondary N) is 3. The van der Waals surface area contributed by atoms with Gasteiger partial charge in [0, 0.05) is 33.5 Å². The van der Waals surface area contributed by atoms with Gasteiger partial charge in [-0.25, -0.2) is 0 Å². The molecule has 3 N–H and O–H groups in total. The number of carbonyl (C=O) groups excluding carboxylic acids is 3. The molecule has 6 rings (SSSR count). The molecule has 1 atom stereocenters. The lowest BCUT2D eigenvalue weighted by Crippen LogP contribution is -2.30. The summed E-state index contributed by atoms with van der Waals surface area (Å²) in [6.07, 6.45) is 3.54. The third-order valence-electron chi connectivity index (χ3n) is 8.37. The number of benzene rings is 5. The molecule has 5 aromatic carbocycles. The van der Waals surface area contributed by atoms with E-state index in [-0.39, 0.29) is 11.6 Å². The number of furan rings is 1. The van der Waals surface area contributed by atoms with Gasteiger partial charge in [0.1, 0.15) is 28.2 Å². The van der Waals surface area contributed by atoms with E-state index in [9.17, 15) is 14.4 Å². The van der Waals surface area contributed by atoms with Crippen LogP contribution in [0.4, 0.5) is 11.4 Å². The van der Waals surface area contributed by atoms with Crippen LogP contribution in [0.3, 0.4) is 0 Å². The Bertz CT molecular complexity index is 2180. The van der Waals surface area contributed by atoms with Gasteiger partial charge in [-0.05, 0) is 91.7 Å². The molecule has 6 aromatic rings. The SMILES string of the molecule is CCCCOc1ccc(NC(=O)[C@H](Sc2ccc(NC(=O)/C(=C/c3ccc(-c4ccc(C)cc4)o3)NC(=O)c3ccccc3)cc2)c2ccccc2)cc1. The van der Waals surface area contributed by atoms with Gasteiger partial charge in [0.05, 0.1) is 6.61 Å². The first-order chi connectivity index (χ1) is 26.3. The number of unbranched alkanes of at least 4 members (excludes halogenated alkanes) is 1. The second kappa shape index (κ2) is 18.4. The maximum atomic E-state index is 13.7. The van der Waals surface area contributed by atoms with Gasteiger partial charge in [0.25, 0.3) is 11.8 Å². The Morgan fingerprint density at radius 1 is 0.741 bits per heavy atom. The molecule has 0 saturated heterocycles. The van der Waals surface area contributed by atoms with Crippen molar-refractivity contribution in [3.05, 3.63) is 174 Å². The standard InChI is InChI=1S/C45H41N3O5S/c1-3-4-29-52-37-23-19-35(20-24-37)47-45(51)42(33-11-7-5-8-12-33)54-39-26-21-36(22-27-39)46-44(50)40(48-43(49)34-13-9-6-10-14-34)30-38-25-28-41(53-38)32-17-15-31(2)16-18-32/h5-28,30,42H,3-4,29H2,1-2H3,(H,46,50)(H,47,51)(H,48,49)/b40-30-/t42-/m1/s1. The minimum absolute atomic E-state index is 0.00785. The highest BCUT2D eigenvalue weighted by molar-refractivity contribution is 8.00. The Balaban J connectivity index is 1.16. The van der Waals surface area contributed by atoms with E-state index in [1.165, 1.54) is 17.8 Å². The molecule has 0 fully saturated rings. The summed E-state index contributed by atoms with van der Waals surface area (Å²) >= 11 is 1.40. The number of carbonyl (C=O) groups is 3. The molecule has 3 amide bonds. The number of thioether (sulfide) groups is 1. The van der Waals surface area contributed by atoms with Crippen LogP contribution in [-0.2, 0) is 9.59 Å². The second-order valence-corrected chi connectivity index (χ2v) is 13.7. The van der Waals surface area contributed by atoms with Gasteiger partial charge < -0.3 is 25.1 Å². The Morgan fingerprint density at radius 2 is 1.39 bits per heavy atom. The molecule has 1 aromatic heterocycles. The van der Waals surface area contributed by atoms with Gasteiger partial charge in [0.15, 0.2) is 0 Å². The monoisotopic (exact) mass is 735 g/mol. The number of hydrogen-bond acceptors (Lipinski definition) is 6. The van der Waals surface area contributed by atoms with Crippen LogP contribution in [0.5, 0.6) is 5.75 Å². The number of rotatable bonds is 15. The van der Waals surface area contributed by atoms with Crippen molar-refractivity contribution in [2.45, 2.75) is 36.8 Å². The number of aryl methyl sites for hydroxylation is 1. The molecule has 0 saturated carbocycles. The minimum atomic E-state index is -0.548. The van der Waals surface area contributed by atoms with Crippen molar-refractivity contribution in [1.29, 1.82) is 0 Å². The van der Waals surface area contributed by atoms with E-state index in [0.29, 0.717) is 35.1 Å². The lowest BCUT2D eigenvalue weighted by atomic mass is 10.1. The highest BCUT2D eigenvalue weighted by Crippen LogP contribution is 2.37. The van der Waals surface area contributed by atoms with Crippen molar-refractivity contribution in [3.63, 3.8) is 0 Å². The van der Waals surface area contributed by atoms with Gasteiger partial charge in [0.2, 0.25) is 5.91 Å². The van der Waals surface area contributed by atoms with Crippen molar-refractivity contribution in [3.8, 4) is 17.1 Å². The summed E-state index contributed by atoms with van der Waals surface area (Å²) < 4.78 is 11.8. The predicted octanol–water partition coefficient (Wildman–Crippen LogP) is 10.3. The number of hydrogen-bond donors (Lipinski definition) is 3. The largest absolute Gasteiger partial charge is 0.494 e. The van der Waals surface area contributed by atoms with E-state index in [2.05, 4.69) is 22.9 Å². The topological polar surface area (TPSA) is 110 Å². The molecule has 8 nitrogen and oxygen atoms in total. The van der Waals surface area contributed by atoms with Crippen LogP contribution in [0, 0.1) is 6.92 Å². The lowest BCUT2D eigenvalue weighted by molar-refractivity contribution is -0.116. The van der Waals surface area contributed by atoms with Crippen LogP contribution < -0.4 is 20.7 Å². The Hall–Kier alpha value is -6.32. The maximum Gasteiger partial charge on any atom is 0.272 e. The summed E-state index contributed by atoms with van der Waals surface area (Å²) in [6.45, 7) is 4.78. The Labute approximate surface area is 319 Å². The molecule has 0 unspecified atom stereocenters. The normalized spacial score (nSPS) is 11.7. The zero-order chi connectivity index (χ0) is 37.7. The average Bonchev–Trinajstić information content (AvgIpc) is 3.67. The molecule has 9 heteroatoms. The van der Waals surface area contributed by atoms with Gasteiger partial charge in [-0.1, -0.05) is 91.7 Å². The maximum absolute atomic E-state index is 13.7. The molecule has 0 radical (unpaired) electrons.